The quantitative estimate of drug-likeness (QED) is 0.617. The normalized spacial score (nSPS) is 13.7. The smallest absolute Gasteiger partial charge is 0.0220 e. The van der Waals surface area contributed by atoms with Gasteiger partial charge in [-0.2, -0.15) is 0 Å². The van der Waals surface area contributed by atoms with Crippen molar-refractivity contribution in [3.8, 4) is 0 Å². The molecule has 0 fully saturated rings. The average Bonchev–Trinajstić information content (AvgIpc) is 2.24. The Morgan fingerprint density at radius 3 is 1.88 bits per heavy atom. The first kappa shape index (κ1) is 15.9. The SMILES string of the molecule is CCCC(CNC(C)C)N(CCC)CCC. The van der Waals surface area contributed by atoms with E-state index in [1.807, 2.05) is 0 Å². The van der Waals surface area contributed by atoms with Crippen LogP contribution in [-0.4, -0.2) is 36.6 Å². The van der Waals surface area contributed by atoms with E-state index in [2.05, 4.69) is 44.8 Å². The Hall–Kier alpha value is -0.0800. The van der Waals surface area contributed by atoms with Gasteiger partial charge in [0, 0.05) is 18.6 Å². The Morgan fingerprint density at radius 2 is 1.50 bits per heavy atom. The molecule has 0 aliphatic carbocycles. The lowest BCUT2D eigenvalue weighted by Crippen LogP contribution is -2.44. The number of hydrogen-bond acceptors (Lipinski definition) is 2. The molecule has 0 heterocycles. The van der Waals surface area contributed by atoms with E-state index >= 15 is 0 Å². The molecule has 0 spiro atoms. The van der Waals surface area contributed by atoms with E-state index in [-0.39, 0.29) is 0 Å². The van der Waals surface area contributed by atoms with Gasteiger partial charge in [-0.3, -0.25) is 4.90 Å². The molecule has 2 nitrogen and oxygen atoms in total. The van der Waals surface area contributed by atoms with Crippen LogP contribution in [0.1, 0.15) is 60.3 Å². The zero-order valence-electron chi connectivity index (χ0n) is 12.1. The van der Waals surface area contributed by atoms with Gasteiger partial charge in [0.1, 0.15) is 0 Å². The molecule has 0 aliphatic heterocycles. The van der Waals surface area contributed by atoms with Gasteiger partial charge in [-0.1, -0.05) is 41.0 Å². The number of hydrogen-bond donors (Lipinski definition) is 1. The van der Waals surface area contributed by atoms with E-state index in [1.165, 1.54) is 38.8 Å². The third-order valence-corrected chi connectivity index (χ3v) is 2.92. The zero-order valence-corrected chi connectivity index (χ0v) is 12.1. The summed E-state index contributed by atoms with van der Waals surface area (Å²) in [7, 11) is 0. The average molecular weight is 228 g/mol. The van der Waals surface area contributed by atoms with E-state index in [1.54, 1.807) is 0 Å². The molecule has 0 rings (SSSR count). The number of nitrogens with one attached hydrogen (secondary N) is 1. The largest absolute Gasteiger partial charge is 0.313 e. The van der Waals surface area contributed by atoms with E-state index in [0.29, 0.717) is 6.04 Å². The molecule has 0 radical (unpaired) electrons. The minimum absolute atomic E-state index is 0.601. The topological polar surface area (TPSA) is 15.3 Å². The summed E-state index contributed by atoms with van der Waals surface area (Å²) in [5, 5.41) is 3.59. The van der Waals surface area contributed by atoms with Crippen LogP contribution in [0, 0.1) is 0 Å². The van der Waals surface area contributed by atoms with E-state index in [9.17, 15) is 0 Å². The minimum Gasteiger partial charge on any atom is -0.313 e. The lowest BCUT2D eigenvalue weighted by Gasteiger charge is -2.32. The maximum absolute atomic E-state index is 3.59. The molecule has 2 heteroatoms. The van der Waals surface area contributed by atoms with Crippen LogP contribution in [0.2, 0.25) is 0 Å². The summed E-state index contributed by atoms with van der Waals surface area (Å²) in [5.41, 5.74) is 0. The maximum atomic E-state index is 3.59. The van der Waals surface area contributed by atoms with Crippen molar-refractivity contribution in [3.63, 3.8) is 0 Å². The van der Waals surface area contributed by atoms with E-state index < -0.39 is 0 Å². The van der Waals surface area contributed by atoms with Gasteiger partial charge in [-0.15, -0.1) is 0 Å². The van der Waals surface area contributed by atoms with Crippen molar-refractivity contribution < 1.29 is 0 Å². The van der Waals surface area contributed by atoms with Crippen molar-refractivity contribution in [3.05, 3.63) is 0 Å². The molecule has 0 saturated carbocycles. The number of nitrogens with zero attached hydrogens (tertiary/aromatic N) is 1. The molecular formula is C14H32N2. The second-order valence-electron chi connectivity index (χ2n) is 5.04. The predicted molar refractivity (Wildman–Crippen MR) is 74.0 cm³/mol. The van der Waals surface area contributed by atoms with Gasteiger partial charge in [0.15, 0.2) is 0 Å². The monoisotopic (exact) mass is 228 g/mol. The molecule has 16 heavy (non-hydrogen) atoms. The Morgan fingerprint density at radius 1 is 0.938 bits per heavy atom. The van der Waals surface area contributed by atoms with Crippen molar-refractivity contribution in [1.82, 2.24) is 10.2 Å². The lowest BCUT2D eigenvalue weighted by molar-refractivity contribution is 0.179. The van der Waals surface area contributed by atoms with Crippen molar-refractivity contribution in [1.29, 1.82) is 0 Å². The molecule has 0 aromatic rings. The molecule has 0 bridgehead atoms. The van der Waals surface area contributed by atoms with E-state index in [4.69, 9.17) is 0 Å². The highest BCUT2D eigenvalue weighted by atomic mass is 15.2. The van der Waals surface area contributed by atoms with Crippen LogP contribution in [0.5, 0.6) is 0 Å². The van der Waals surface area contributed by atoms with Crippen LogP contribution >= 0.6 is 0 Å². The third kappa shape index (κ3) is 7.24. The molecule has 0 aromatic heterocycles. The van der Waals surface area contributed by atoms with Crippen LogP contribution in [-0.2, 0) is 0 Å². The molecule has 98 valence electrons. The second-order valence-corrected chi connectivity index (χ2v) is 5.04. The lowest BCUT2D eigenvalue weighted by atomic mass is 10.1. The Kier molecular flexibility index (Phi) is 10.0. The molecule has 0 saturated heterocycles. The summed E-state index contributed by atoms with van der Waals surface area (Å²) in [6, 6.07) is 1.33. The van der Waals surface area contributed by atoms with Crippen molar-refractivity contribution in [2.45, 2.75) is 72.4 Å². The van der Waals surface area contributed by atoms with Gasteiger partial charge in [0.05, 0.1) is 0 Å². The Bertz CT molecular complexity index is 140. The standard InChI is InChI=1S/C14H32N2/c1-6-9-14(12-15-13(4)5)16(10-7-2)11-8-3/h13-15H,6-12H2,1-5H3. The van der Waals surface area contributed by atoms with Gasteiger partial charge in [0.2, 0.25) is 0 Å². The van der Waals surface area contributed by atoms with Crippen molar-refractivity contribution >= 4 is 0 Å². The van der Waals surface area contributed by atoms with Gasteiger partial charge < -0.3 is 5.32 Å². The molecule has 0 aliphatic rings. The fourth-order valence-corrected chi connectivity index (χ4v) is 2.17. The summed E-state index contributed by atoms with van der Waals surface area (Å²) in [5.74, 6) is 0. The third-order valence-electron chi connectivity index (χ3n) is 2.92. The Labute approximate surface area is 103 Å². The van der Waals surface area contributed by atoms with Gasteiger partial charge >= 0.3 is 0 Å². The summed E-state index contributed by atoms with van der Waals surface area (Å²) in [6.07, 6.45) is 5.14. The fourth-order valence-electron chi connectivity index (χ4n) is 2.17. The summed E-state index contributed by atoms with van der Waals surface area (Å²) >= 11 is 0. The highest BCUT2D eigenvalue weighted by Gasteiger charge is 2.16. The summed E-state index contributed by atoms with van der Waals surface area (Å²) < 4.78 is 0. The fraction of sp³-hybridized carbons (Fsp3) is 1.00. The van der Waals surface area contributed by atoms with Crippen LogP contribution in [0.15, 0.2) is 0 Å². The van der Waals surface area contributed by atoms with Gasteiger partial charge in [-0.25, -0.2) is 0 Å². The minimum atomic E-state index is 0.601. The highest BCUT2D eigenvalue weighted by Crippen LogP contribution is 2.08. The molecular weight excluding hydrogens is 196 g/mol. The van der Waals surface area contributed by atoms with Crippen LogP contribution < -0.4 is 5.32 Å². The van der Waals surface area contributed by atoms with E-state index in [0.717, 1.165) is 12.6 Å². The van der Waals surface area contributed by atoms with Gasteiger partial charge in [0.25, 0.3) is 0 Å². The zero-order chi connectivity index (χ0) is 12.4. The first-order chi connectivity index (χ1) is 7.65. The summed E-state index contributed by atoms with van der Waals surface area (Å²) in [6.45, 7) is 14.9. The first-order valence-corrected chi connectivity index (χ1v) is 7.13. The van der Waals surface area contributed by atoms with Crippen molar-refractivity contribution in [2.24, 2.45) is 0 Å². The number of rotatable bonds is 10. The Balaban J connectivity index is 4.19. The maximum Gasteiger partial charge on any atom is 0.0220 e. The van der Waals surface area contributed by atoms with Gasteiger partial charge in [-0.05, 0) is 32.4 Å². The van der Waals surface area contributed by atoms with Crippen LogP contribution in [0.4, 0.5) is 0 Å². The molecule has 1 N–H and O–H groups in total. The predicted octanol–water partition coefficient (Wildman–Crippen LogP) is 3.28. The molecule has 0 aromatic carbocycles. The highest BCUT2D eigenvalue weighted by molar-refractivity contribution is 4.74. The second kappa shape index (κ2) is 10.1. The molecule has 1 atom stereocenters. The van der Waals surface area contributed by atoms with Crippen LogP contribution in [0.25, 0.3) is 0 Å². The molecule has 1 unspecified atom stereocenters. The summed E-state index contributed by atoms with van der Waals surface area (Å²) in [4.78, 5) is 2.67. The molecule has 0 amide bonds. The first-order valence-electron chi connectivity index (χ1n) is 7.13. The van der Waals surface area contributed by atoms with Crippen molar-refractivity contribution in [2.75, 3.05) is 19.6 Å². The van der Waals surface area contributed by atoms with Crippen LogP contribution in [0.3, 0.4) is 0 Å².